The zero-order valence-electron chi connectivity index (χ0n) is 23.5. The highest BCUT2D eigenvalue weighted by Gasteiger charge is 2.37. The first-order valence-corrected chi connectivity index (χ1v) is 14.4. The number of piperazine rings is 1. The standard InChI is InChI=1S/C31H34ClN7O2/c1-5-28(40)39-13-12-37(16-21(39)15-33-2)30-24-19-41-27(23-10-6-8-20-9-7-11-25(32)29(20)23)14-26(24)34-31(35-30)38-17-22(18-38)36(3)4/h5-11,21-22,27H,1,12-19H2,3-4H3/t21-,27?/m0/s1. The molecule has 0 radical (unpaired) electrons. The molecule has 1 unspecified atom stereocenters. The van der Waals surface area contributed by atoms with Gasteiger partial charge in [-0.2, -0.15) is 4.98 Å². The maximum Gasteiger partial charge on any atom is 0.246 e. The van der Waals surface area contributed by atoms with Gasteiger partial charge in [0.15, 0.2) is 0 Å². The SMILES string of the molecule is [C-]#[N+]C[C@H]1CN(c2nc(N3CC(N(C)C)C3)nc3c2COC(c2cccc4cccc(Cl)c24)C3)CCN1C(=O)C=C. The van der Waals surface area contributed by atoms with E-state index in [1.807, 2.05) is 18.2 Å². The summed E-state index contributed by atoms with van der Waals surface area (Å²) >= 11 is 6.67. The van der Waals surface area contributed by atoms with Crippen molar-refractivity contribution in [3.63, 3.8) is 0 Å². The van der Waals surface area contributed by atoms with Gasteiger partial charge in [-0.15, -0.1) is 0 Å². The molecule has 0 spiro atoms. The van der Waals surface area contributed by atoms with Gasteiger partial charge in [-0.3, -0.25) is 4.79 Å². The molecule has 9 nitrogen and oxygen atoms in total. The first-order valence-electron chi connectivity index (χ1n) is 14.0. The van der Waals surface area contributed by atoms with Crippen molar-refractivity contribution in [1.82, 2.24) is 19.8 Å². The fourth-order valence-corrected chi connectivity index (χ4v) is 6.39. The van der Waals surface area contributed by atoms with E-state index in [1.165, 1.54) is 6.08 Å². The van der Waals surface area contributed by atoms with E-state index in [9.17, 15) is 4.79 Å². The highest BCUT2D eigenvalue weighted by molar-refractivity contribution is 6.35. The molecule has 0 aliphatic carbocycles. The fraction of sp³-hybridized carbons (Fsp3) is 0.419. The molecule has 1 amide bonds. The summed E-state index contributed by atoms with van der Waals surface area (Å²) in [5, 5.41) is 2.81. The summed E-state index contributed by atoms with van der Waals surface area (Å²) in [5.41, 5.74) is 3.02. The van der Waals surface area contributed by atoms with Crippen LogP contribution in [0.5, 0.6) is 0 Å². The van der Waals surface area contributed by atoms with Crippen LogP contribution in [0.4, 0.5) is 11.8 Å². The molecule has 0 N–H and O–H groups in total. The van der Waals surface area contributed by atoms with Crippen molar-refractivity contribution >= 4 is 40.0 Å². The third kappa shape index (κ3) is 5.12. The first-order chi connectivity index (χ1) is 19.9. The highest BCUT2D eigenvalue weighted by Crippen LogP contribution is 2.40. The number of carbonyl (C=O) groups excluding carboxylic acids is 1. The molecule has 41 heavy (non-hydrogen) atoms. The summed E-state index contributed by atoms with van der Waals surface area (Å²) in [6.45, 7) is 15.1. The number of benzene rings is 2. The molecule has 2 atom stereocenters. The molecule has 2 fully saturated rings. The second-order valence-corrected chi connectivity index (χ2v) is 11.6. The van der Waals surface area contributed by atoms with E-state index in [0.29, 0.717) is 43.7 Å². The van der Waals surface area contributed by atoms with Crippen LogP contribution in [0.3, 0.4) is 0 Å². The Morgan fingerprint density at radius 2 is 1.95 bits per heavy atom. The predicted molar refractivity (Wildman–Crippen MR) is 161 cm³/mol. The zero-order valence-corrected chi connectivity index (χ0v) is 24.2. The topological polar surface area (TPSA) is 69.4 Å². The number of anilines is 2. The van der Waals surface area contributed by atoms with Crippen LogP contribution in [0.15, 0.2) is 49.1 Å². The Bertz CT molecular complexity index is 1530. The lowest BCUT2D eigenvalue weighted by Crippen LogP contribution is -2.58. The van der Waals surface area contributed by atoms with Crippen LogP contribution < -0.4 is 9.80 Å². The Labute approximate surface area is 245 Å². The number of carbonyl (C=O) groups is 1. The van der Waals surface area contributed by atoms with Gasteiger partial charge in [0.1, 0.15) is 11.9 Å². The van der Waals surface area contributed by atoms with Gasteiger partial charge >= 0.3 is 0 Å². The Balaban J connectivity index is 1.36. The number of halogens is 1. The van der Waals surface area contributed by atoms with E-state index >= 15 is 0 Å². The van der Waals surface area contributed by atoms with Crippen LogP contribution in [0.25, 0.3) is 15.6 Å². The first kappa shape index (κ1) is 27.5. The van der Waals surface area contributed by atoms with E-state index in [0.717, 1.165) is 52.4 Å². The number of aromatic nitrogens is 2. The summed E-state index contributed by atoms with van der Waals surface area (Å²) in [6.07, 6.45) is 1.74. The zero-order chi connectivity index (χ0) is 28.7. The number of hydrogen-bond acceptors (Lipinski definition) is 7. The van der Waals surface area contributed by atoms with E-state index < -0.39 is 0 Å². The lowest BCUT2D eigenvalue weighted by Gasteiger charge is -2.44. The fourth-order valence-electron chi connectivity index (χ4n) is 6.10. The predicted octanol–water partition coefficient (Wildman–Crippen LogP) is 3.97. The minimum atomic E-state index is -0.238. The molecular formula is C31H34ClN7O2. The van der Waals surface area contributed by atoms with E-state index in [4.69, 9.17) is 32.9 Å². The molecule has 0 bridgehead atoms. The summed E-state index contributed by atoms with van der Waals surface area (Å²) in [5.74, 6) is 1.42. The second kappa shape index (κ2) is 11.3. The molecule has 212 valence electrons. The van der Waals surface area contributed by atoms with Crippen molar-refractivity contribution in [2.75, 3.05) is 63.2 Å². The third-order valence-corrected chi connectivity index (χ3v) is 8.83. The van der Waals surface area contributed by atoms with Crippen molar-refractivity contribution in [3.05, 3.63) is 82.3 Å². The van der Waals surface area contributed by atoms with Crippen LogP contribution in [0, 0.1) is 6.57 Å². The summed E-state index contributed by atoms with van der Waals surface area (Å²) in [6, 6.07) is 12.4. The minimum Gasteiger partial charge on any atom is -0.368 e. The summed E-state index contributed by atoms with van der Waals surface area (Å²) in [4.78, 5) is 34.7. The molecule has 2 saturated heterocycles. The monoisotopic (exact) mass is 571 g/mol. The van der Waals surface area contributed by atoms with Gasteiger partial charge in [-0.1, -0.05) is 48.5 Å². The molecule has 10 heteroatoms. The molecule has 4 heterocycles. The van der Waals surface area contributed by atoms with Crippen LogP contribution in [0.2, 0.25) is 5.02 Å². The number of ether oxygens (including phenoxy) is 1. The van der Waals surface area contributed by atoms with E-state index in [1.54, 1.807) is 4.90 Å². The molecular weight excluding hydrogens is 538 g/mol. The van der Waals surface area contributed by atoms with Crippen molar-refractivity contribution in [2.24, 2.45) is 0 Å². The molecule has 1 aromatic heterocycles. The van der Waals surface area contributed by atoms with Gasteiger partial charge in [-0.25, -0.2) is 11.6 Å². The van der Waals surface area contributed by atoms with Gasteiger partial charge in [0.2, 0.25) is 18.4 Å². The second-order valence-electron chi connectivity index (χ2n) is 11.2. The lowest BCUT2D eigenvalue weighted by molar-refractivity contribution is -0.128. The molecule has 3 aliphatic heterocycles. The lowest BCUT2D eigenvalue weighted by atomic mass is 9.94. The quantitative estimate of drug-likeness (QED) is 0.327. The minimum absolute atomic E-state index is 0.140. The Morgan fingerprint density at radius 3 is 2.68 bits per heavy atom. The van der Waals surface area contributed by atoms with Crippen LogP contribution in [0.1, 0.15) is 22.9 Å². The van der Waals surface area contributed by atoms with E-state index in [-0.39, 0.29) is 24.6 Å². The molecule has 2 aromatic carbocycles. The molecule has 3 aliphatic rings. The van der Waals surface area contributed by atoms with Crippen LogP contribution in [-0.2, 0) is 22.6 Å². The number of likely N-dealkylation sites (N-methyl/N-ethyl adjacent to an activating group) is 1. The van der Waals surface area contributed by atoms with Gasteiger partial charge in [0.25, 0.3) is 0 Å². The normalized spacial score (nSPS) is 21.0. The molecule has 6 rings (SSSR count). The van der Waals surface area contributed by atoms with E-state index in [2.05, 4.69) is 58.4 Å². The number of hydrogen-bond donors (Lipinski definition) is 0. The van der Waals surface area contributed by atoms with Crippen molar-refractivity contribution in [1.29, 1.82) is 0 Å². The van der Waals surface area contributed by atoms with Crippen molar-refractivity contribution < 1.29 is 9.53 Å². The Kier molecular flexibility index (Phi) is 7.56. The summed E-state index contributed by atoms with van der Waals surface area (Å²) in [7, 11) is 4.19. The van der Waals surface area contributed by atoms with Gasteiger partial charge in [-0.05, 0) is 37.2 Å². The van der Waals surface area contributed by atoms with Gasteiger partial charge in [0, 0.05) is 61.2 Å². The average Bonchev–Trinajstić information content (AvgIpc) is 2.95. The average molecular weight is 572 g/mol. The number of amides is 1. The number of fused-ring (bicyclic) bond motifs is 2. The largest absolute Gasteiger partial charge is 0.368 e. The maximum atomic E-state index is 12.5. The van der Waals surface area contributed by atoms with Crippen molar-refractivity contribution in [3.8, 4) is 0 Å². The summed E-state index contributed by atoms with van der Waals surface area (Å²) < 4.78 is 6.51. The van der Waals surface area contributed by atoms with Crippen LogP contribution in [-0.4, -0.2) is 91.1 Å². The molecule has 0 saturated carbocycles. The Hall–Kier alpha value is -3.71. The molecule has 3 aromatic rings. The van der Waals surface area contributed by atoms with Crippen molar-refractivity contribution in [2.45, 2.75) is 31.2 Å². The third-order valence-electron chi connectivity index (χ3n) is 8.52. The number of rotatable bonds is 6. The van der Waals surface area contributed by atoms with Gasteiger partial charge < -0.3 is 29.2 Å². The Morgan fingerprint density at radius 1 is 1.17 bits per heavy atom. The smallest absolute Gasteiger partial charge is 0.246 e. The highest BCUT2D eigenvalue weighted by atomic mass is 35.5. The van der Waals surface area contributed by atoms with Crippen LogP contribution >= 0.6 is 11.6 Å². The maximum absolute atomic E-state index is 12.5. The van der Waals surface area contributed by atoms with Gasteiger partial charge in [0.05, 0.1) is 18.4 Å². The number of nitrogens with zero attached hydrogens (tertiary/aromatic N) is 7.